The molecule has 1 amide bonds. The molecule has 0 atom stereocenters. The number of carbonyl (C=O) groups excluding carboxylic acids is 2. The van der Waals surface area contributed by atoms with E-state index in [9.17, 15) is 9.59 Å². The molecule has 4 nitrogen and oxygen atoms in total. The Morgan fingerprint density at radius 1 is 1.16 bits per heavy atom. The second-order valence-corrected chi connectivity index (χ2v) is 7.25. The Balaban J connectivity index is 1.66. The van der Waals surface area contributed by atoms with Crippen LogP contribution in [0.1, 0.15) is 15.2 Å². The van der Waals surface area contributed by atoms with E-state index in [-0.39, 0.29) is 4.88 Å². The number of aryl methyl sites for hydroxylation is 1. The third-order valence-corrected chi connectivity index (χ3v) is 5.29. The highest BCUT2D eigenvalue weighted by Gasteiger charge is 2.19. The Morgan fingerprint density at radius 3 is 2.72 bits per heavy atom. The quantitative estimate of drug-likeness (QED) is 0.610. The van der Waals surface area contributed by atoms with Crippen LogP contribution >= 0.6 is 34.5 Å². The van der Waals surface area contributed by atoms with Crippen LogP contribution in [-0.4, -0.2) is 18.5 Å². The van der Waals surface area contributed by atoms with Crippen LogP contribution in [0.3, 0.4) is 0 Å². The van der Waals surface area contributed by atoms with Gasteiger partial charge in [0.15, 0.2) is 6.61 Å². The van der Waals surface area contributed by atoms with Gasteiger partial charge < -0.3 is 10.1 Å². The van der Waals surface area contributed by atoms with E-state index in [0.29, 0.717) is 15.7 Å². The highest BCUT2D eigenvalue weighted by molar-refractivity contribution is 7.21. The molecule has 3 aromatic rings. The molecule has 3 rings (SSSR count). The first kappa shape index (κ1) is 17.7. The maximum Gasteiger partial charge on any atom is 0.350 e. The standard InChI is InChI=1S/C18H13Cl2NO3S/c1-10-3-2-4-12(7-10)21-15(22)9-24-18(23)17-16(20)13-6-5-11(19)8-14(13)25-17/h2-8H,9H2,1H3,(H,21,22). The van der Waals surface area contributed by atoms with Crippen LogP contribution < -0.4 is 5.32 Å². The van der Waals surface area contributed by atoms with Gasteiger partial charge in [0.1, 0.15) is 4.88 Å². The summed E-state index contributed by atoms with van der Waals surface area (Å²) in [7, 11) is 0. The van der Waals surface area contributed by atoms with E-state index >= 15 is 0 Å². The molecule has 0 aliphatic carbocycles. The number of hydrogen-bond acceptors (Lipinski definition) is 4. The minimum Gasteiger partial charge on any atom is -0.451 e. The lowest BCUT2D eigenvalue weighted by molar-refractivity contribution is -0.119. The zero-order chi connectivity index (χ0) is 18.0. The number of anilines is 1. The first-order chi connectivity index (χ1) is 11.9. The van der Waals surface area contributed by atoms with Crippen LogP contribution in [-0.2, 0) is 9.53 Å². The zero-order valence-electron chi connectivity index (χ0n) is 13.1. The average Bonchev–Trinajstić information content (AvgIpc) is 2.89. The number of rotatable bonds is 4. The van der Waals surface area contributed by atoms with Crippen molar-refractivity contribution in [2.75, 3.05) is 11.9 Å². The molecule has 0 saturated carbocycles. The second kappa shape index (κ2) is 7.44. The summed E-state index contributed by atoms with van der Waals surface area (Å²) in [4.78, 5) is 24.4. The Kier molecular flexibility index (Phi) is 5.27. The molecule has 0 unspecified atom stereocenters. The lowest BCUT2D eigenvalue weighted by Crippen LogP contribution is -2.20. The zero-order valence-corrected chi connectivity index (χ0v) is 15.5. The summed E-state index contributed by atoms with van der Waals surface area (Å²) in [5.41, 5.74) is 1.67. The molecule has 1 heterocycles. The maximum absolute atomic E-state index is 12.2. The molecule has 2 aromatic carbocycles. The number of hydrogen-bond donors (Lipinski definition) is 1. The Bertz CT molecular complexity index is 968. The summed E-state index contributed by atoms with van der Waals surface area (Å²) in [5.74, 6) is -1.05. The molecule has 0 fully saturated rings. The van der Waals surface area contributed by atoms with E-state index < -0.39 is 18.5 Å². The topological polar surface area (TPSA) is 55.4 Å². The third-order valence-electron chi connectivity index (χ3n) is 3.41. The van der Waals surface area contributed by atoms with Gasteiger partial charge in [-0.1, -0.05) is 41.4 Å². The van der Waals surface area contributed by atoms with Crippen molar-refractivity contribution in [3.05, 3.63) is 63.0 Å². The molecule has 25 heavy (non-hydrogen) atoms. The van der Waals surface area contributed by atoms with Crippen molar-refractivity contribution >= 4 is 62.2 Å². The monoisotopic (exact) mass is 393 g/mol. The van der Waals surface area contributed by atoms with E-state index in [0.717, 1.165) is 15.6 Å². The van der Waals surface area contributed by atoms with Crippen LogP contribution in [0, 0.1) is 6.92 Å². The van der Waals surface area contributed by atoms with Gasteiger partial charge in [-0.15, -0.1) is 11.3 Å². The molecule has 1 N–H and O–H groups in total. The maximum atomic E-state index is 12.2. The van der Waals surface area contributed by atoms with Crippen molar-refractivity contribution < 1.29 is 14.3 Å². The smallest absolute Gasteiger partial charge is 0.350 e. The van der Waals surface area contributed by atoms with Gasteiger partial charge in [0.05, 0.1) is 5.02 Å². The van der Waals surface area contributed by atoms with Gasteiger partial charge in [-0.25, -0.2) is 4.79 Å². The van der Waals surface area contributed by atoms with E-state index in [4.69, 9.17) is 27.9 Å². The van der Waals surface area contributed by atoms with E-state index in [1.165, 1.54) is 11.3 Å². The van der Waals surface area contributed by atoms with E-state index in [2.05, 4.69) is 5.32 Å². The van der Waals surface area contributed by atoms with Crippen molar-refractivity contribution in [1.82, 2.24) is 0 Å². The Hall–Kier alpha value is -2.08. The molecule has 1 aromatic heterocycles. The lowest BCUT2D eigenvalue weighted by Gasteiger charge is -2.06. The van der Waals surface area contributed by atoms with Crippen molar-refractivity contribution in [2.24, 2.45) is 0 Å². The molecule has 128 valence electrons. The number of amides is 1. The number of esters is 1. The first-order valence-corrected chi connectivity index (χ1v) is 8.92. The number of carbonyl (C=O) groups is 2. The van der Waals surface area contributed by atoms with Crippen molar-refractivity contribution in [3.8, 4) is 0 Å². The fourth-order valence-electron chi connectivity index (χ4n) is 2.29. The molecule has 7 heteroatoms. The van der Waals surface area contributed by atoms with Gasteiger partial charge in [0.25, 0.3) is 5.91 Å². The second-order valence-electron chi connectivity index (χ2n) is 5.38. The minimum absolute atomic E-state index is 0.252. The fraction of sp³-hybridized carbons (Fsp3) is 0.111. The molecule has 0 bridgehead atoms. The summed E-state index contributed by atoms with van der Waals surface area (Å²) < 4.78 is 5.86. The molecule has 0 spiro atoms. The van der Waals surface area contributed by atoms with E-state index in [1.54, 1.807) is 24.3 Å². The number of halogens is 2. The Morgan fingerprint density at radius 2 is 1.96 bits per heavy atom. The molecule has 0 radical (unpaired) electrons. The summed E-state index contributed by atoms with van der Waals surface area (Å²) >= 11 is 13.4. The largest absolute Gasteiger partial charge is 0.451 e. The summed E-state index contributed by atoms with van der Waals surface area (Å²) in [6.45, 7) is 1.53. The molecular formula is C18H13Cl2NO3S. The molecular weight excluding hydrogens is 381 g/mol. The van der Waals surface area contributed by atoms with Crippen LogP contribution in [0.5, 0.6) is 0 Å². The van der Waals surface area contributed by atoms with Gasteiger partial charge in [-0.3, -0.25) is 4.79 Å². The number of thiophene rings is 1. The highest BCUT2D eigenvalue weighted by atomic mass is 35.5. The summed E-state index contributed by atoms with van der Waals surface area (Å²) in [6, 6.07) is 12.5. The van der Waals surface area contributed by atoms with Gasteiger partial charge in [-0.2, -0.15) is 0 Å². The van der Waals surface area contributed by atoms with Crippen LogP contribution in [0.2, 0.25) is 10.0 Å². The van der Waals surface area contributed by atoms with Crippen LogP contribution in [0.4, 0.5) is 5.69 Å². The van der Waals surface area contributed by atoms with Gasteiger partial charge >= 0.3 is 5.97 Å². The van der Waals surface area contributed by atoms with Crippen LogP contribution in [0.25, 0.3) is 10.1 Å². The number of ether oxygens (including phenoxy) is 1. The Labute approximate surface area is 158 Å². The van der Waals surface area contributed by atoms with Crippen molar-refractivity contribution in [1.29, 1.82) is 0 Å². The molecule has 0 saturated heterocycles. The molecule has 0 aliphatic heterocycles. The van der Waals surface area contributed by atoms with Crippen molar-refractivity contribution in [2.45, 2.75) is 6.92 Å². The predicted molar refractivity (Wildman–Crippen MR) is 102 cm³/mol. The normalized spacial score (nSPS) is 10.7. The third kappa shape index (κ3) is 4.12. The molecule has 0 aliphatic rings. The number of fused-ring (bicyclic) bond motifs is 1. The minimum atomic E-state index is -0.637. The summed E-state index contributed by atoms with van der Waals surface area (Å²) in [5, 5.41) is 4.27. The number of benzene rings is 2. The lowest BCUT2D eigenvalue weighted by atomic mass is 10.2. The average molecular weight is 394 g/mol. The van der Waals surface area contributed by atoms with Crippen LogP contribution in [0.15, 0.2) is 42.5 Å². The highest BCUT2D eigenvalue weighted by Crippen LogP contribution is 2.37. The van der Waals surface area contributed by atoms with Gasteiger partial charge in [-0.05, 0) is 36.8 Å². The number of nitrogens with one attached hydrogen (secondary N) is 1. The predicted octanol–water partition coefficient (Wildman–Crippen LogP) is 5.31. The SMILES string of the molecule is Cc1cccc(NC(=O)COC(=O)c2sc3cc(Cl)ccc3c2Cl)c1. The fourth-order valence-corrected chi connectivity index (χ4v) is 3.97. The van der Waals surface area contributed by atoms with Gasteiger partial charge in [0.2, 0.25) is 0 Å². The van der Waals surface area contributed by atoms with E-state index in [1.807, 2.05) is 25.1 Å². The first-order valence-electron chi connectivity index (χ1n) is 7.35. The van der Waals surface area contributed by atoms with Crippen molar-refractivity contribution in [3.63, 3.8) is 0 Å². The van der Waals surface area contributed by atoms with Gasteiger partial charge in [0, 0.05) is 20.8 Å². The summed E-state index contributed by atoms with van der Waals surface area (Å²) in [6.07, 6.45) is 0.